The van der Waals surface area contributed by atoms with E-state index in [-0.39, 0.29) is 5.56 Å². The number of hydrogen-bond acceptors (Lipinski definition) is 5. The molecule has 2 heterocycles. The molecule has 0 atom stereocenters. The molecule has 3 N–H and O–H groups in total. The Morgan fingerprint density at radius 2 is 2.27 bits per heavy atom. The number of carboxylic acids is 1. The highest BCUT2D eigenvalue weighted by atomic mass is 32.1. The largest absolute Gasteiger partial charge is 0.478 e. The zero-order chi connectivity index (χ0) is 10.8. The fraction of sp³-hybridized carbons (Fsp3) is 0. The number of aromatic carboxylic acids is 1. The Morgan fingerprint density at radius 1 is 1.47 bits per heavy atom. The van der Waals surface area contributed by atoms with Crippen LogP contribution < -0.4 is 5.73 Å². The van der Waals surface area contributed by atoms with Crippen LogP contribution in [0, 0.1) is 0 Å². The Balaban J connectivity index is 2.45. The van der Waals surface area contributed by atoms with Crippen molar-refractivity contribution in [2.24, 2.45) is 0 Å². The van der Waals surface area contributed by atoms with Gasteiger partial charge >= 0.3 is 5.97 Å². The highest BCUT2D eigenvalue weighted by Gasteiger charge is 2.08. The van der Waals surface area contributed by atoms with Crippen LogP contribution in [-0.2, 0) is 0 Å². The molecule has 15 heavy (non-hydrogen) atoms. The minimum Gasteiger partial charge on any atom is -0.478 e. The summed E-state index contributed by atoms with van der Waals surface area (Å²) in [5, 5.41) is 11.0. The van der Waals surface area contributed by atoms with Crippen molar-refractivity contribution in [3.8, 4) is 11.4 Å². The Morgan fingerprint density at radius 3 is 2.87 bits per heavy atom. The number of pyridine rings is 1. The first-order valence-corrected chi connectivity index (χ1v) is 4.95. The fourth-order valence-electron chi connectivity index (χ4n) is 1.11. The van der Waals surface area contributed by atoms with Crippen LogP contribution in [0.5, 0.6) is 0 Å². The van der Waals surface area contributed by atoms with E-state index in [1.165, 1.54) is 29.7 Å². The first kappa shape index (κ1) is 9.60. The Bertz CT molecular complexity index is 510. The van der Waals surface area contributed by atoms with Crippen molar-refractivity contribution in [2.75, 3.05) is 5.73 Å². The lowest BCUT2D eigenvalue weighted by molar-refractivity contribution is 0.0697. The van der Waals surface area contributed by atoms with Gasteiger partial charge in [0.25, 0.3) is 0 Å². The van der Waals surface area contributed by atoms with Gasteiger partial charge in [0.1, 0.15) is 5.69 Å². The second-order valence-electron chi connectivity index (χ2n) is 2.81. The summed E-state index contributed by atoms with van der Waals surface area (Å²) in [6, 6.07) is 2.90. The van der Waals surface area contributed by atoms with E-state index in [1.807, 2.05) is 0 Å². The standard InChI is InChI=1S/C9H7N3O2S/c10-9-12-7(4-15-9)6-3-5(8(13)14)1-2-11-6/h1-4H,(H2,10,12)(H,13,14). The van der Waals surface area contributed by atoms with Crippen molar-refractivity contribution in [3.63, 3.8) is 0 Å². The normalized spacial score (nSPS) is 10.1. The lowest BCUT2D eigenvalue weighted by Gasteiger charge is -1.97. The van der Waals surface area contributed by atoms with Gasteiger partial charge in [-0.3, -0.25) is 4.98 Å². The third kappa shape index (κ3) is 1.94. The van der Waals surface area contributed by atoms with Gasteiger partial charge in [-0.25, -0.2) is 9.78 Å². The predicted octanol–water partition coefficient (Wildman–Crippen LogP) is 1.49. The van der Waals surface area contributed by atoms with Crippen LogP contribution >= 0.6 is 11.3 Å². The van der Waals surface area contributed by atoms with Crippen molar-refractivity contribution in [1.82, 2.24) is 9.97 Å². The molecule has 6 heteroatoms. The van der Waals surface area contributed by atoms with Gasteiger partial charge in [0, 0.05) is 11.6 Å². The van der Waals surface area contributed by atoms with E-state index < -0.39 is 5.97 Å². The number of nitrogen functional groups attached to an aromatic ring is 1. The molecule has 0 fully saturated rings. The average molecular weight is 221 g/mol. The minimum atomic E-state index is -0.984. The number of aromatic nitrogens is 2. The maximum Gasteiger partial charge on any atom is 0.335 e. The van der Waals surface area contributed by atoms with Gasteiger partial charge in [-0.1, -0.05) is 0 Å². The summed E-state index contributed by atoms with van der Waals surface area (Å²) in [6.45, 7) is 0. The van der Waals surface area contributed by atoms with Crippen molar-refractivity contribution < 1.29 is 9.90 Å². The lowest BCUT2D eigenvalue weighted by atomic mass is 10.2. The molecule has 76 valence electrons. The van der Waals surface area contributed by atoms with Crippen LogP contribution in [0.1, 0.15) is 10.4 Å². The Labute approximate surface area is 89.2 Å². The van der Waals surface area contributed by atoms with Crippen LogP contribution in [0.3, 0.4) is 0 Å². The van der Waals surface area contributed by atoms with E-state index in [9.17, 15) is 4.79 Å². The molecule has 0 saturated heterocycles. The smallest absolute Gasteiger partial charge is 0.335 e. The van der Waals surface area contributed by atoms with E-state index >= 15 is 0 Å². The monoisotopic (exact) mass is 221 g/mol. The van der Waals surface area contributed by atoms with E-state index in [4.69, 9.17) is 10.8 Å². The number of thiazole rings is 1. The van der Waals surface area contributed by atoms with Crippen molar-refractivity contribution >= 4 is 22.4 Å². The Kier molecular flexibility index (Phi) is 2.34. The molecule has 2 rings (SSSR count). The second-order valence-corrected chi connectivity index (χ2v) is 3.70. The number of carboxylic acid groups (broad SMARTS) is 1. The lowest BCUT2D eigenvalue weighted by Crippen LogP contribution is -1.97. The summed E-state index contributed by atoms with van der Waals surface area (Å²) >= 11 is 1.29. The highest BCUT2D eigenvalue weighted by molar-refractivity contribution is 7.13. The third-order valence-electron chi connectivity index (χ3n) is 1.79. The molecule has 0 unspecified atom stereocenters. The molecular weight excluding hydrogens is 214 g/mol. The predicted molar refractivity (Wildman–Crippen MR) is 56.7 cm³/mol. The summed E-state index contributed by atoms with van der Waals surface area (Å²) in [7, 11) is 0. The zero-order valence-corrected chi connectivity index (χ0v) is 8.36. The number of nitrogens with zero attached hydrogens (tertiary/aromatic N) is 2. The fourth-order valence-corrected chi connectivity index (χ4v) is 1.67. The molecule has 0 aliphatic carbocycles. The van der Waals surface area contributed by atoms with Gasteiger partial charge in [-0.15, -0.1) is 11.3 Å². The second kappa shape index (κ2) is 3.66. The van der Waals surface area contributed by atoms with E-state index in [2.05, 4.69) is 9.97 Å². The maximum atomic E-state index is 10.7. The van der Waals surface area contributed by atoms with E-state index in [1.54, 1.807) is 5.38 Å². The molecule has 0 radical (unpaired) electrons. The number of anilines is 1. The average Bonchev–Trinajstić information content (AvgIpc) is 2.65. The van der Waals surface area contributed by atoms with Crippen LogP contribution in [0.25, 0.3) is 11.4 Å². The van der Waals surface area contributed by atoms with Crippen LogP contribution in [-0.4, -0.2) is 21.0 Å². The first-order valence-electron chi connectivity index (χ1n) is 4.07. The van der Waals surface area contributed by atoms with Crippen molar-refractivity contribution in [1.29, 1.82) is 0 Å². The van der Waals surface area contributed by atoms with Gasteiger partial charge in [0.05, 0.1) is 11.3 Å². The quantitative estimate of drug-likeness (QED) is 0.801. The van der Waals surface area contributed by atoms with E-state index in [0.29, 0.717) is 16.5 Å². The molecule has 0 saturated carbocycles. The Hall–Kier alpha value is -1.95. The molecule has 0 bridgehead atoms. The maximum absolute atomic E-state index is 10.7. The third-order valence-corrected chi connectivity index (χ3v) is 2.47. The van der Waals surface area contributed by atoms with E-state index in [0.717, 1.165) is 0 Å². The molecule has 2 aromatic heterocycles. The molecule has 5 nitrogen and oxygen atoms in total. The molecule has 0 aliphatic rings. The molecule has 0 amide bonds. The first-order chi connectivity index (χ1) is 7.16. The highest BCUT2D eigenvalue weighted by Crippen LogP contribution is 2.21. The summed E-state index contributed by atoms with van der Waals surface area (Å²) in [5.74, 6) is -0.984. The van der Waals surface area contributed by atoms with Gasteiger partial charge < -0.3 is 10.8 Å². The number of nitrogens with two attached hydrogens (primary N) is 1. The van der Waals surface area contributed by atoms with Crippen LogP contribution in [0.4, 0.5) is 5.13 Å². The summed E-state index contributed by atoms with van der Waals surface area (Å²) < 4.78 is 0. The number of hydrogen-bond donors (Lipinski definition) is 2. The molecule has 0 aromatic carbocycles. The minimum absolute atomic E-state index is 0.187. The SMILES string of the molecule is Nc1nc(-c2cc(C(=O)O)ccn2)cs1. The summed E-state index contributed by atoms with van der Waals surface area (Å²) in [4.78, 5) is 18.8. The van der Waals surface area contributed by atoms with Crippen molar-refractivity contribution in [2.45, 2.75) is 0 Å². The van der Waals surface area contributed by atoms with Crippen LogP contribution in [0.2, 0.25) is 0 Å². The topological polar surface area (TPSA) is 89.1 Å². The van der Waals surface area contributed by atoms with Gasteiger partial charge in [-0.2, -0.15) is 0 Å². The molecular formula is C9H7N3O2S. The number of carbonyl (C=O) groups is 1. The van der Waals surface area contributed by atoms with Gasteiger partial charge in [0.2, 0.25) is 0 Å². The number of rotatable bonds is 2. The molecule has 0 aliphatic heterocycles. The molecule has 2 aromatic rings. The molecule has 0 spiro atoms. The zero-order valence-electron chi connectivity index (χ0n) is 7.54. The summed E-state index contributed by atoms with van der Waals surface area (Å²) in [5.41, 5.74) is 6.78. The van der Waals surface area contributed by atoms with Crippen LogP contribution in [0.15, 0.2) is 23.7 Å². The van der Waals surface area contributed by atoms with Crippen molar-refractivity contribution in [3.05, 3.63) is 29.3 Å². The van der Waals surface area contributed by atoms with Gasteiger partial charge in [-0.05, 0) is 12.1 Å². The van der Waals surface area contributed by atoms with Gasteiger partial charge in [0.15, 0.2) is 5.13 Å². The summed E-state index contributed by atoms with van der Waals surface area (Å²) in [6.07, 6.45) is 1.44.